The third-order valence-electron chi connectivity index (χ3n) is 2.70. The Morgan fingerprint density at radius 2 is 1.94 bits per heavy atom. The van der Waals surface area contributed by atoms with Crippen LogP contribution in [0.15, 0.2) is 12.1 Å². The second-order valence-electron chi connectivity index (χ2n) is 3.65. The first-order valence-corrected chi connectivity index (χ1v) is 4.98. The molecule has 0 aliphatic carbocycles. The van der Waals surface area contributed by atoms with E-state index in [1.54, 1.807) is 0 Å². The van der Waals surface area contributed by atoms with Crippen LogP contribution in [0.2, 0.25) is 0 Å². The largest absolute Gasteiger partial charge is 0.497 e. The van der Waals surface area contributed by atoms with E-state index >= 15 is 0 Å². The van der Waals surface area contributed by atoms with E-state index in [9.17, 15) is 8.78 Å². The average Bonchev–Trinajstić information content (AvgIpc) is 2.69. The molecule has 1 aliphatic rings. The van der Waals surface area contributed by atoms with Crippen LogP contribution < -0.4 is 10.1 Å². The molecule has 16 heavy (non-hydrogen) atoms. The van der Waals surface area contributed by atoms with Gasteiger partial charge < -0.3 is 10.1 Å². The monoisotopic (exact) mass is 249 g/mol. The summed E-state index contributed by atoms with van der Waals surface area (Å²) in [5.41, 5.74) is 0.133. The Bertz CT molecular complexity index is 344. The van der Waals surface area contributed by atoms with E-state index in [0.29, 0.717) is 0 Å². The molecule has 0 spiro atoms. The molecule has 0 saturated carbocycles. The Kier molecular flexibility index (Phi) is 4.50. The lowest BCUT2D eigenvalue weighted by atomic mass is 10.0. The number of methoxy groups -OCH3 is 1. The summed E-state index contributed by atoms with van der Waals surface area (Å²) in [5.74, 6) is -0.857. The van der Waals surface area contributed by atoms with Gasteiger partial charge in [-0.15, -0.1) is 12.4 Å². The van der Waals surface area contributed by atoms with E-state index in [0.717, 1.165) is 19.4 Å². The number of hydrogen-bond acceptors (Lipinski definition) is 2. The van der Waals surface area contributed by atoms with Crippen molar-refractivity contribution in [1.82, 2.24) is 5.32 Å². The molecule has 2 rings (SSSR count). The summed E-state index contributed by atoms with van der Waals surface area (Å²) >= 11 is 0. The van der Waals surface area contributed by atoms with Gasteiger partial charge in [-0.3, -0.25) is 0 Å². The van der Waals surface area contributed by atoms with Crippen LogP contribution >= 0.6 is 12.4 Å². The van der Waals surface area contributed by atoms with Gasteiger partial charge in [0.15, 0.2) is 0 Å². The second-order valence-corrected chi connectivity index (χ2v) is 3.65. The lowest BCUT2D eigenvalue weighted by molar-refractivity contribution is 0.402. The van der Waals surface area contributed by atoms with Crippen molar-refractivity contribution in [2.24, 2.45) is 0 Å². The normalized spacial score (nSPS) is 19.3. The first-order chi connectivity index (χ1) is 7.22. The Morgan fingerprint density at radius 3 is 2.38 bits per heavy atom. The summed E-state index contributed by atoms with van der Waals surface area (Å²) in [5, 5.41) is 3.07. The highest BCUT2D eigenvalue weighted by atomic mass is 35.5. The van der Waals surface area contributed by atoms with E-state index in [2.05, 4.69) is 5.32 Å². The van der Waals surface area contributed by atoms with Crippen LogP contribution in [-0.2, 0) is 0 Å². The van der Waals surface area contributed by atoms with Gasteiger partial charge in [0.25, 0.3) is 0 Å². The summed E-state index contributed by atoms with van der Waals surface area (Å²) in [4.78, 5) is 0. The van der Waals surface area contributed by atoms with Gasteiger partial charge in [0.1, 0.15) is 17.4 Å². The van der Waals surface area contributed by atoms with Crippen LogP contribution in [0.1, 0.15) is 24.4 Å². The van der Waals surface area contributed by atoms with Gasteiger partial charge in [-0.05, 0) is 19.4 Å². The van der Waals surface area contributed by atoms with Crippen molar-refractivity contribution >= 4 is 12.4 Å². The highest BCUT2D eigenvalue weighted by Crippen LogP contribution is 2.30. The zero-order chi connectivity index (χ0) is 10.8. The molecule has 1 aromatic rings. The van der Waals surface area contributed by atoms with E-state index < -0.39 is 11.6 Å². The summed E-state index contributed by atoms with van der Waals surface area (Å²) in [6.07, 6.45) is 1.73. The minimum atomic E-state index is -0.536. The smallest absolute Gasteiger partial charge is 0.134 e. The van der Waals surface area contributed by atoms with Crippen LogP contribution in [0, 0.1) is 11.6 Å². The minimum Gasteiger partial charge on any atom is -0.497 e. The first kappa shape index (κ1) is 13.2. The van der Waals surface area contributed by atoms with Gasteiger partial charge in [0.05, 0.1) is 7.11 Å². The van der Waals surface area contributed by atoms with E-state index in [1.807, 2.05) is 0 Å². The fourth-order valence-electron chi connectivity index (χ4n) is 1.94. The maximum Gasteiger partial charge on any atom is 0.134 e. The molecule has 0 bridgehead atoms. The number of ether oxygens (including phenoxy) is 1. The molecule has 0 radical (unpaired) electrons. The van der Waals surface area contributed by atoms with Crippen LogP contribution in [0.4, 0.5) is 8.78 Å². The minimum absolute atomic E-state index is 0. The molecule has 1 aliphatic heterocycles. The van der Waals surface area contributed by atoms with Crippen molar-refractivity contribution in [3.8, 4) is 5.75 Å². The second kappa shape index (κ2) is 5.46. The fraction of sp³-hybridized carbons (Fsp3) is 0.455. The van der Waals surface area contributed by atoms with Crippen molar-refractivity contribution in [2.75, 3.05) is 13.7 Å². The van der Waals surface area contributed by atoms with Crippen LogP contribution in [0.3, 0.4) is 0 Å². The first-order valence-electron chi connectivity index (χ1n) is 4.98. The Morgan fingerprint density at radius 1 is 1.31 bits per heavy atom. The molecule has 1 fully saturated rings. The summed E-state index contributed by atoms with van der Waals surface area (Å²) in [6, 6.07) is 2.24. The van der Waals surface area contributed by atoms with Gasteiger partial charge in [-0.25, -0.2) is 8.78 Å². The number of benzene rings is 1. The summed E-state index contributed by atoms with van der Waals surface area (Å²) in [6.45, 7) is 0.815. The lowest BCUT2D eigenvalue weighted by Crippen LogP contribution is -2.16. The molecular formula is C11H14ClF2NO. The predicted octanol–water partition coefficient (Wildman–Crippen LogP) is 2.82. The highest BCUT2D eigenvalue weighted by Gasteiger charge is 2.23. The molecule has 0 unspecified atom stereocenters. The molecule has 1 N–H and O–H groups in total. The molecule has 0 aromatic heterocycles. The molecule has 1 aromatic carbocycles. The lowest BCUT2D eigenvalue weighted by Gasteiger charge is -2.13. The molecule has 90 valence electrons. The third-order valence-corrected chi connectivity index (χ3v) is 2.70. The Labute approximate surface area is 99.4 Å². The van der Waals surface area contributed by atoms with Crippen LogP contribution in [0.5, 0.6) is 5.75 Å². The number of rotatable bonds is 2. The number of nitrogens with one attached hydrogen (secondary N) is 1. The average molecular weight is 250 g/mol. The molecule has 1 saturated heterocycles. The van der Waals surface area contributed by atoms with E-state index in [-0.39, 0.29) is 29.8 Å². The SMILES string of the molecule is COc1cc(F)c([C@H]2CCCN2)c(F)c1.Cl. The van der Waals surface area contributed by atoms with Crippen molar-refractivity contribution in [3.63, 3.8) is 0 Å². The third kappa shape index (κ3) is 2.44. The quantitative estimate of drug-likeness (QED) is 0.870. The molecule has 2 nitrogen and oxygen atoms in total. The van der Waals surface area contributed by atoms with E-state index in [1.165, 1.54) is 19.2 Å². The number of halogens is 3. The van der Waals surface area contributed by atoms with Gasteiger partial charge >= 0.3 is 0 Å². The zero-order valence-electron chi connectivity index (χ0n) is 8.93. The molecule has 5 heteroatoms. The van der Waals surface area contributed by atoms with Crippen LogP contribution in [-0.4, -0.2) is 13.7 Å². The standard InChI is InChI=1S/C11H13F2NO.ClH/c1-15-7-5-8(12)11(9(13)6-7)10-3-2-4-14-10;/h5-6,10,14H,2-4H2,1H3;1H/t10-;/m1./s1. The van der Waals surface area contributed by atoms with Gasteiger partial charge in [-0.1, -0.05) is 0 Å². The molecule has 1 atom stereocenters. The Hall–Kier alpha value is -0.870. The topological polar surface area (TPSA) is 21.3 Å². The fourth-order valence-corrected chi connectivity index (χ4v) is 1.94. The summed E-state index contributed by atoms with van der Waals surface area (Å²) < 4.78 is 32.0. The van der Waals surface area contributed by atoms with Gasteiger partial charge in [0.2, 0.25) is 0 Å². The van der Waals surface area contributed by atoms with Crippen molar-refractivity contribution in [2.45, 2.75) is 18.9 Å². The van der Waals surface area contributed by atoms with Crippen molar-refractivity contribution in [3.05, 3.63) is 29.3 Å². The summed E-state index contributed by atoms with van der Waals surface area (Å²) in [7, 11) is 1.39. The van der Waals surface area contributed by atoms with E-state index in [4.69, 9.17) is 4.74 Å². The van der Waals surface area contributed by atoms with Gasteiger partial charge in [-0.2, -0.15) is 0 Å². The Balaban J connectivity index is 0.00000128. The van der Waals surface area contributed by atoms with Crippen molar-refractivity contribution in [1.29, 1.82) is 0 Å². The highest BCUT2D eigenvalue weighted by molar-refractivity contribution is 5.85. The molecule has 1 heterocycles. The molecular weight excluding hydrogens is 236 g/mol. The van der Waals surface area contributed by atoms with Crippen molar-refractivity contribution < 1.29 is 13.5 Å². The number of hydrogen-bond donors (Lipinski definition) is 1. The predicted molar refractivity (Wildman–Crippen MR) is 60.1 cm³/mol. The zero-order valence-corrected chi connectivity index (χ0v) is 9.74. The van der Waals surface area contributed by atoms with Gasteiger partial charge in [0, 0.05) is 23.7 Å². The maximum absolute atomic E-state index is 13.6. The maximum atomic E-state index is 13.6. The molecule has 0 amide bonds. The van der Waals surface area contributed by atoms with Crippen LogP contribution in [0.25, 0.3) is 0 Å².